The zero-order chi connectivity index (χ0) is 17.3. The van der Waals surface area contributed by atoms with Crippen LogP contribution in [-0.4, -0.2) is 25.1 Å². The Morgan fingerprint density at radius 1 is 1.17 bits per heavy atom. The fourth-order valence-electron chi connectivity index (χ4n) is 2.57. The van der Waals surface area contributed by atoms with E-state index in [4.69, 9.17) is 9.05 Å². The standard InChI is InChI=1S/C17H17N2O4P/c1-11-5-4-6-12(18-11)9-15-14-8-7-13(24(21,22-2)23-3)10-16(14)19-17(15)20/h4-10H,1-3H3,(H,19,20)/b15-9-. The molecule has 124 valence electrons. The quantitative estimate of drug-likeness (QED) is 0.681. The van der Waals surface area contributed by atoms with Gasteiger partial charge in [0.15, 0.2) is 0 Å². The highest BCUT2D eigenvalue weighted by atomic mass is 31.2. The number of carbonyl (C=O) groups is 1. The van der Waals surface area contributed by atoms with Crippen molar-refractivity contribution in [3.63, 3.8) is 0 Å². The summed E-state index contributed by atoms with van der Waals surface area (Å²) in [6.07, 6.45) is 1.74. The zero-order valence-electron chi connectivity index (χ0n) is 13.6. The smallest absolute Gasteiger partial charge is 0.321 e. The van der Waals surface area contributed by atoms with Crippen molar-refractivity contribution in [2.75, 3.05) is 19.5 Å². The van der Waals surface area contributed by atoms with E-state index in [1.54, 1.807) is 24.3 Å². The Hall–Kier alpha value is -2.27. The van der Waals surface area contributed by atoms with Crippen LogP contribution in [0.4, 0.5) is 5.69 Å². The van der Waals surface area contributed by atoms with Crippen LogP contribution in [0, 0.1) is 6.92 Å². The lowest BCUT2D eigenvalue weighted by atomic mass is 10.1. The van der Waals surface area contributed by atoms with Crippen LogP contribution < -0.4 is 10.6 Å². The minimum Gasteiger partial charge on any atom is -0.321 e. The third kappa shape index (κ3) is 2.91. The van der Waals surface area contributed by atoms with E-state index in [9.17, 15) is 9.36 Å². The second-order valence-electron chi connectivity index (χ2n) is 5.31. The second-order valence-corrected chi connectivity index (χ2v) is 7.55. The van der Waals surface area contributed by atoms with E-state index in [0.29, 0.717) is 22.3 Å². The minimum absolute atomic E-state index is 0.227. The molecule has 1 aliphatic rings. The van der Waals surface area contributed by atoms with E-state index >= 15 is 0 Å². The van der Waals surface area contributed by atoms with Crippen molar-refractivity contribution in [1.29, 1.82) is 0 Å². The molecule has 0 radical (unpaired) electrons. The Kier molecular flexibility index (Phi) is 4.37. The van der Waals surface area contributed by atoms with Crippen LogP contribution in [0.5, 0.6) is 0 Å². The predicted octanol–water partition coefficient (Wildman–Crippen LogP) is 2.99. The SMILES string of the molecule is COP(=O)(OC)c1ccc2c(c1)NC(=O)/C2=C\c1cccc(C)n1. The molecule has 1 amide bonds. The molecule has 0 saturated carbocycles. The van der Waals surface area contributed by atoms with Gasteiger partial charge in [0.1, 0.15) is 0 Å². The third-order valence-electron chi connectivity index (χ3n) is 3.79. The van der Waals surface area contributed by atoms with Crippen molar-refractivity contribution >= 4 is 36.1 Å². The van der Waals surface area contributed by atoms with Crippen LogP contribution in [0.15, 0.2) is 36.4 Å². The summed E-state index contributed by atoms with van der Waals surface area (Å²) in [4.78, 5) is 16.7. The number of hydrogen-bond acceptors (Lipinski definition) is 5. The molecule has 0 aliphatic carbocycles. The van der Waals surface area contributed by atoms with Gasteiger partial charge >= 0.3 is 7.60 Å². The van der Waals surface area contributed by atoms with Crippen molar-refractivity contribution < 1.29 is 18.4 Å². The van der Waals surface area contributed by atoms with Crippen LogP contribution >= 0.6 is 7.60 Å². The summed E-state index contributed by atoms with van der Waals surface area (Å²) >= 11 is 0. The molecule has 0 fully saturated rings. The lowest BCUT2D eigenvalue weighted by molar-refractivity contribution is -0.110. The van der Waals surface area contributed by atoms with Gasteiger partial charge in [0.25, 0.3) is 5.91 Å². The number of hydrogen-bond donors (Lipinski definition) is 1. The van der Waals surface area contributed by atoms with Gasteiger partial charge in [-0.1, -0.05) is 12.1 Å². The Morgan fingerprint density at radius 2 is 1.92 bits per heavy atom. The molecule has 0 spiro atoms. The van der Waals surface area contributed by atoms with E-state index in [1.807, 2.05) is 25.1 Å². The first-order valence-electron chi connectivity index (χ1n) is 7.30. The number of fused-ring (bicyclic) bond motifs is 1. The average molecular weight is 344 g/mol. The topological polar surface area (TPSA) is 77.5 Å². The van der Waals surface area contributed by atoms with E-state index in [0.717, 1.165) is 11.3 Å². The molecule has 2 heterocycles. The number of nitrogens with zero attached hydrogens (tertiary/aromatic N) is 1. The fourth-order valence-corrected chi connectivity index (χ4v) is 3.69. The molecule has 24 heavy (non-hydrogen) atoms. The monoisotopic (exact) mass is 344 g/mol. The second kappa shape index (κ2) is 6.32. The molecule has 3 rings (SSSR count). The van der Waals surface area contributed by atoms with Crippen molar-refractivity contribution in [3.8, 4) is 0 Å². The lowest BCUT2D eigenvalue weighted by Crippen LogP contribution is -2.09. The summed E-state index contributed by atoms with van der Waals surface area (Å²) in [6.45, 7) is 1.89. The fraction of sp³-hybridized carbons (Fsp3) is 0.176. The van der Waals surface area contributed by atoms with Gasteiger partial charge in [-0.3, -0.25) is 14.3 Å². The van der Waals surface area contributed by atoms with E-state index in [-0.39, 0.29) is 5.91 Å². The maximum atomic E-state index is 12.5. The molecular weight excluding hydrogens is 327 g/mol. The molecule has 2 aromatic rings. The van der Waals surface area contributed by atoms with Crippen molar-refractivity contribution in [2.45, 2.75) is 6.92 Å². The molecule has 1 aliphatic heterocycles. The van der Waals surface area contributed by atoms with Gasteiger partial charge in [-0.25, -0.2) is 0 Å². The average Bonchev–Trinajstić information content (AvgIpc) is 2.89. The predicted molar refractivity (Wildman–Crippen MR) is 93.2 cm³/mol. The van der Waals surface area contributed by atoms with Crippen LogP contribution in [0.2, 0.25) is 0 Å². The van der Waals surface area contributed by atoms with E-state index < -0.39 is 7.60 Å². The first kappa shape index (κ1) is 16.6. The third-order valence-corrected chi connectivity index (χ3v) is 5.66. The van der Waals surface area contributed by atoms with Crippen molar-refractivity contribution in [2.24, 2.45) is 0 Å². The van der Waals surface area contributed by atoms with Crippen LogP contribution in [0.3, 0.4) is 0 Å². The number of aryl methyl sites for hydroxylation is 1. The molecule has 0 saturated heterocycles. The van der Waals surface area contributed by atoms with Gasteiger partial charge in [-0.2, -0.15) is 0 Å². The van der Waals surface area contributed by atoms with Gasteiger partial charge in [0.2, 0.25) is 0 Å². The number of amides is 1. The molecular formula is C17H17N2O4P. The minimum atomic E-state index is -3.36. The maximum Gasteiger partial charge on any atom is 0.360 e. The van der Waals surface area contributed by atoms with Gasteiger partial charge in [0.05, 0.1) is 16.6 Å². The van der Waals surface area contributed by atoms with Crippen LogP contribution in [0.25, 0.3) is 11.6 Å². The van der Waals surface area contributed by atoms with Crippen LogP contribution in [-0.2, 0) is 18.4 Å². The number of pyridine rings is 1. The highest BCUT2D eigenvalue weighted by Crippen LogP contribution is 2.46. The number of carbonyl (C=O) groups excluding carboxylic acids is 1. The maximum absolute atomic E-state index is 12.5. The molecule has 0 atom stereocenters. The number of anilines is 1. The Morgan fingerprint density at radius 3 is 2.58 bits per heavy atom. The number of benzene rings is 1. The summed E-state index contributed by atoms with van der Waals surface area (Å²) in [6, 6.07) is 10.6. The first-order chi connectivity index (χ1) is 11.5. The first-order valence-corrected chi connectivity index (χ1v) is 8.84. The van der Waals surface area contributed by atoms with Crippen LogP contribution in [0.1, 0.15) is 17.0 Å². The summed E-state index contributed by atoms with van der Waals surface area (Å²) < 4.78 is 22.4. The van der Waals surface area contributed by atoms with Gasteiger partial charge in [-0.05, 0) is 37.3 Å². The molecule has 0 bridgehead atoms. The largest absolute Gasteiger partial charge is 0.360 e. The van der Waals surface area contributed by atoms with Crippen molar-refractivity contribution in [3.05, 3.63) is 53.3 Å². The highest BCUT2D eigenvalue weighted by molar-refractivity contribution is 7.62. The summed E-state index contributed by atoms with van der Waals surface area (Å²) in [5, 5.41) is 3.17. The highest BCUT2D eigenvalue weighted by Gasteiger charge is 2.30. The van der Waals surface area contributed by atoms with Gasteiger partial charge in [0, 0.05) is 31.2 Å². The lowest BCUT2D eigenvalue weighted by Gasteiger charge is -2.14. The summed E-state index contributed by atoms with van der Waals surface area (Å²) in [5.74, 6) is -0.227. The number of aromatic nitrogens is 1. The Bertz CT molecular complexity index is 884. The molecule has 6 nitrogen and oxygen atoms in total. The number of rotatable bonds is 4. The van der Waals surface area contributed by atoms with E-state index in [1.165, 1.54) is 14.2 Å². The Labute approximate surface area is 140 Å². The molecule has 1 aromatic heterocycles. The van der Waals surface area contributed by atoms with Gasteiger partial charge in [-0.15, -0.1) is 0 Å². The molecule has 7 heteroatoms. The molecule has 0 unspecified atom stereocenters. The summed E-state index contributed by atoms with van der Waals surface area (Å²) in [5.41, 5.74) is 3.40. The number of nitrogens with one attached hydrogen (secondary N) is 1. The molecule has 1 N–H and O–H groups in total. The van der Waals surface area contributed by atoms with Crippen molar-refractivity contribution in [1.82, 2.24) is 4.98 Å². The normalized spacial score (nSPS) is 15.5. The molecule has 1 aromatic carbocycles. The zero-order valence-corrected chi connectivity index (χ0v) is 14.5. The van der Waals surface area contributed by atoms with E-state index in [2.05, 4.69) is 10.3 Å². The Balaban J connectivity index is 2.05. The van der Waals surface area contributed by atoms with Gasteiger partial charge < -0.3 is 14.4 Å². The summed E-state index contributed by atoms with van der Waals surface area (Å²) in [7, 11) is -0.713.